The molecule has 1 rings (SSSR count). The molecule has 1 aliphatic rings. The van der Waals surface area contributed by atoms with Crippen LogP contribution in [0.3, 0.4) is 0 Å². The van der Waals surface area contributed by atoms with Crippen molar-refractivity contribution in [3.05, 3.63) is 0 Å². The van der Waals surface area contributed by atoms with Gasteiger partial charge in [-0.3, -0.25) is 4.90 Å². The average molecular weight is 244 g/mol. The lowest BCUT2D eigenvalue weighted by Gasteiger charge is -2.42. The molecule has 0 spiro atoms. The summed E-state index contributed by atoms with van der Waals surface area (Å²) in [5.41, 5.74) is 5.53. The van der Waals surface area contributed by atoms with Crippen LogP contribution < -0.4 is 5.73 Å². The fourth-order valence-corrected chi connectivity index (χ4v) is 2.19. The Morgan fingerprint density at radius 2 is 2.06 bits per heavy atom. The first-order chi connectivity index (χ1) is 7.72. The highest BCUT2D eigenvalue weighted by atomic mass is 16.5. The smallest absolute Gasteiger partial charge is 0.0831 e. The van der Waals surface area contributed by atoms with Gasteiger partial charge in [-0.25, -0.2) is 0 Å². The highest BCUT2D eigenvalue weighted by Crippen LogP contribution is 2.20. The minimum atomic E-state index is -0.107. The summed E-state index contributed by atoms with van der Waals surface area (Å²) in [6.07, 6.45) is 0.147. The second-order valence-corrected chi connectivity index (χ2v) is 6.43. The van der Waals surface area contributed by atoms with Gasteiger partial charge in [0.05, 0.1) is 23.9 Å². The third kappa shape index (κ3) is 5.82. The molecule has 0 aromatic heterocycles. The van der Waals surface area contributed by atoms with E-state index in [2.05, 4.69) is 39.5 Å². The zero-order valence-corrected chi connectivity index (χ0v) is 12.0. The maximum absolute atomic E-state index is 5.89. The third-order valence-electron chi connectivity index (χ3n) is 2.76. The van der Waals surface area contributed by atoms with E-state index in [-0.39, 0.29) is 17.3 Å². The zero-order valence-electron chi connectivity index (χ0n) is 12.0. The summed E-state index contributed by atoms with van der Waals surface area (Å²) in [6, 6.07) is 0. The van der Waals surface area contributed by atoms with E-state index in [0.29, 0.717) is 6.54 Å². The van der Waals surface area contributed by atoms with E-state index in [1.165, 1.54) is 0 Å². The molecule has 1 unspecified atom stereocenters. The molecule has 102 valence electrons. The number of rotatable bonds is 4. The summed E-state index contributed by atoms with van der Waals surface area (Å²) in [7, 11) is 0. The molecular formula is C13H28N2O2. The van der Waals surface area contributed by atoms with Crippen LogP contribution in [0.4, 0.5) is 0 Å². The Labute approximate surface area is 105 Å². The van der Waals surface area contributed by atoms with Gasteiger partial charge in [0.1, 0.15) is 0 Å². The maximum atomic E-state index is 5.89. The second kappa shape index (κ2) is 5.65. The first-order valence-corrected chi connectivity index (χ1v) is 6.46. The van der Waals surface area contributed by atoms with Gasteiger partial charge in [0.25, 0.3) is 0 Å². The Bertz CT molecular complexity index is 236. The lowest BCUT2D eigenvalue weighted by molar-refractivity contribution is -0.137. The van der Waals surface area contributed by atoms with Gasteiger partial charge in [0.15, 0.2) is 0 Å². The summed E-state index contributed by atoms with van der Waals surface area (Å²) in [6.45, 7) is 14.6. The van der Waals surface area contributed by atoms with E-state index in [0.717, 1.165) is 26.2 Å². The molecule has 0 amide bonds. The first kappa shape index (κ1) is 14.9. The fraction of sp³-hybridized carbons (Fsp3) is 1.00. The largest absolute Gasteiger partial charge is 0.375 e. The van der Waals surface area contributed by atoms with E-state index in [4.69, 9.17) is 15.2 Å². The van der Waals surface area contributed by atoms with Crippen molar-refractivity contribution in [3.63, 3.8) is 0 Å². The van der Waals surface area contributed by atoms with Gasteiger partial charge in [-0.05, 0) is 34.6 Å². The molecule has 0 radical (unpaired) electrons. The van der Waals surface area contributed by atoms with Gasteiger partial charge >= 0.3 is 0 Å². The van der Waals surface area contributed by atoms with Gasteiger partial charge in [-0.1, -0.05) is 0 Å². The highest BCUT2D eigenvalue weighted by Gasteiger charge is 2.32. The summed E-state index contributed by atoms with van der Waals surface area (Å²) < 4.78 is 11.6. The second-order valence-electron chi connectivity index (χ2n) is 6.43. The van der Waals surface area contributed by atoms with Crippen LogP contribution in [0.25, 0.3) is 0 Å². The van der Waals surface area contributed by atoms with Crippen LogP contribution in [0.1, 0.15) is 34.6 Å². The SMILES string of the molecule is CC(C)(C)OCCN1CC(CN)OC(C)(C)C1. The van der Waals surface area contributed by atoms with Crippen LogP contribution in [0, 0.1) is 0 Å². The van der Waals surface area contributed by atoms with Crippen LogP contribution in [0.15, 0.2) is 0 Å². The van der Waals surface area contributed by atoms with E-state index in [9.17, 15) is 0 Å². The fourth-order valence-electron chi connectivity index (χ4n) is 2.19. The van der Waals surface area contributed by atoms with E-state index < -0.39 is 0 Å². The predicted octanol–water partition coefficient (Wildman–Crippen LogP) is 1.24. The van der Waals surface area contributed by atoms with Crippen molar-refractivity contribution in [1.82, 2.24) is 4.90 Å². The quantitative estimate of drug-likeness (QED) is 0.808. The Hall–Kier alpha value is -0.160. The minimum absolute atomic E-state index is 0.0604. The summed E-state index contributed by atoms with van der Waals surface area (Å²) >= 11 is 0. The summed E-state index contributed by atoms with van der Waals surface area (Å²) in [5, 5.41) is 0. The molecule has 1 fully saturated rings. The molecule has 1 atom stereocenters. The van der Waals surface area contributed by atoms with Crippen LogP contribution in [-0.4, -0.2) is 55.0 Å². The monoisotopic (exact) mass is 244 g/mol. The number of morpholine rings is 1. The van der Waals surface area contributed by atoms with Crippen molar-refractivity contribution in [2.45, 2.75) is 51.9 Å². The van der Waals surface area contributed by atoms with Crippen molar-refractivity contribution < 1.29 is 9.47 Å². The predicted molar refractivity (Wildman–Crippen MR) is 70.2 cm³/mol. The summed E-state index contributed by atoms with van der Waals surface area (Å²) in [4.78, 5) is 2.38. The van der Waals surface area contributed by atoms with Crippen LogP contribution in [0.5, 0.6) is 0 Å². The Kier molecular flexibility index (Phi) is 4.95. The molecule has 1 heterocycles. The zero-order chi connectivity index (χ0) is 13.1. The van der Waals surface area contributed by atoms with Crippen molar-refractivity contribution in [1.29, 1.82) is 0 Å². The van der Waals surface area contributed by atoms with Crippen LogP contribution in [-0.2, 0) is 9.47 Å². The first-order valence-electron chi connectivity index (χ1n) is 6.46. The molecule has 0 aliphatic carbocycles. The molecule has 2 N–H and O–H groups in total. The number of hydrogen-bond donors (Lipinski definition) is 1. The molecule has 17 heavy (non-hydrogen) atoms. The molecule has 4 nitrogen and oxygen atoms in total. The molecule has 4 heteroatoms. The normalized spacial score (nSPS) is 26.1. The minimum Gasteiger partial charge on any atom is -0.375 e. The van der Waals surface area contributed by atoms with Crippen molar-refractivity contribution in [2.24, 2.45) is 5.73 Å². The molecule has 0 aromatic carbocycles. The topological polar surface area (TPSA) is 47.7 Å². The third-order valence-corrected chi connectivity index (χ3v) is 2.76. The van der Waals surface area contributed by atoms with E-state index >= 15 is 0 Å². The van der Waals surface area contributed by atoms with Gasteiger partial charge < -0.3 is 15.2 Å². The number of nitrogens with two attached hydrogens (primary N) is 1. The molecular weight excluding hydrogens is 216 g/mol. The van der Waals surface area contributed by atoms with Crippen molar-refractivity contribution >= 4 is 0 Å². The number of hydrogen-bond acceptors (Lipinski definition) is 4. The average Bonchev–Trinajstić information content (AvgIpc) is 2.13. The Morgan fingerprint density at radius 1 is 1.41 bits per heavy atom. The van der Waals surface area contributed by atoms with Gasteiger partial charge in [0.2, 0.25) is 0 Å². The Morgan fingerprint density at radius 3 is 2.59 bits per heavy atom. The maximum Gasteiger partial charge on any atom is 0.0831 e. The Balaban J connectivity index is 2.37. The van der Waals surface area contributed by atoms with Gasteiger partial charge in [-0.2, -0.15) is 0 Å². The molecule has 0 saturated carbocycles. The lowest BCUT2D eigenvalue weighted by Crippen LogP contribution is -2.55. The molecule has 0 aromatic rings. The van der Waals surface area contributed by atoms with Crippen molar-refractivity contribution in [3.8, 4) is 0 Å². The lowest BCUT2D eigenvalue weighted by atomic mass is 10.1. The molecule has 0 bridgehead atoms. The molecule has 1 saturated heterocycles. The number of ether oxygens (including phenoxy) is 2. The van der Waals surface area contributed by atoms with Crippen molar-refractivity contribution in [2.75, 3.05) is 32.8 Å². The number of nitrogens with zero attached hydrogens (tertiary/aromatic N) is 1. The summed E-state index contributed by atoms with van der Waals surface area (Å²) in [5.74, 6) is 0. The van der Waals surface area contributed by atoms with E-state index in [1.54, 1.807) is 0 Å². The van der Waals surface area contributed by atoms with Crippen LogP contribution >= 0.6 is 0 Å². The highest BCUT2D eigenvalue weighted by molar-refractivity contribution is 4.84. The standard InChI is InChI=1S/C13H28N2O2/c1-12(2,3)16-7-6-15-9-11(8-14)17-13(4,5)10-15/h11H,6-10,14H2,1-5H3. The van der Waals surface area contributed by atoms with E-state index in [1.807, 2.05) is 0 Å². The molecule has 1 aliphatic heterocycles. The van der Waals surface area contributed by atoms with Gasteiger partial charge in [0, 0.05) is 26.2 Å². The van der Waals surface area contributed by atoms with Gasteiger partial charge in [-0.15, -0.1) is 0 Å². The van der Waals surface area contributed by atoms with Crippen LogP contribution in [0.2, 0.25) is 0 Å².